The molecule has 0 saturated heterocycles. The van der Waals surface area contributed by atoms with Crippen molar-refractivity contribution in [3.8, 4) is 0 Å². The minimum absolute atomic E-state index is 0.270. The van der Waals surface area contributed by atoms with E-state index < -0.39 is 0 Å². The van der Waals surface area contributed by atoms with Gasteiger partial charge in [0.25, 0.3) is 0 Å². The molecule has 1 aliphatic carbocycles. The lowest BCUT2D eigenvalue weighted by molar-refractivity contribution is 0.166. The average Bonchev–Trinajstić information content (AvgIpc) is 2.24. The van der Waals surface area contributed by atoms with E-state index in [1.54, 1.807) is 0 Å². The third kappa shape index (κ3) is 0.992. The molecule has 3 rings (SSSR count). The molecule has 70 valence electrons. The van der Waals surface area contributed by atoms with Crippen LogP contribution in [0, 0.1) is 0 Å². The third-order valence-electron chi connectivity index (χ3n) is 3.07. The van der Waals surface area contributed by atoms with Crippen molar-refractivity contribution in [2.45, 2.75) is 18.9 Å². The Morgan fingerprint density at radius 3 is 2.71 bits per heavy atom. The van der Waals surface area contributed by atoms with E-state index in [9.17, 15) is 5.11 Å². The summed E-state index contributed by atoms with van der Waals surface area (Å²) in [4.78, 5) is 0. The molecule has 0 heterocycles. The summed E-state index contributed by atoms with van der Waals surface area (Å²) in [6.07, 6.45) is 1.58. The van der Waals surface area contributed by atoms with Gasteiger partial charge < -0.3 is 5.11 Å². The van der Waals surface area contributed by atoms with E-state index in [1.165, 1.54) is 16.3 Å². The predicted octanol–water partition coefficient (Wildman–Crippen LogP) is 2.82. The van der Waals surface area contributed by atoms with E-state index in [-0.39, 0.29) is 6.10 Å². The van der Waals surface area contributed by atoms with Gasteiger partial charge in [0.1, 0.15) is 0 Å². The summed E-state index contributed by atoms with van der Waals surface area (Å²) in [7, 11) is 0. The molecule has 0 saturated carbocycles. The van der Waals surface area contributed by atoms with Crippen LogP contribution in [0.5, 0.6) is 0 Å². The van der Waals surface area contributed by atoms with Crippen molar-refractivity contribution >= 4 is 10.8 Å². The minimum Gasteiger partial charge on any atom is -0.388 e. The maximum atomic E-state index is 9.87. The van der Waals surface area contributed by atoms with Crippen molar-refractivity contribution < 1.29 is 5.11 Å². The standard InChI is InChI=1S/C13H12O/c14-12-8-7-10-4-1-3-9-5-2-6-11(12)13(9)10/h1-6,12,14H,7-8H2/t12-/m0/s1. The molecule has 0 bridgehead atoms. The highest BCUT2D eigenvalue weighted by Crippen LogP contribution is 2.34. The average molecular weight is 184 g/mol. The fourth-order valence-electron chi connectivity index (χ4n) is 2.38. The summed E-state index contributed by atoms with van der Waals surface area (Å²) in [6.45, 7) is 0. The van der Waals surface area contributed by atoms with Gasteiger partial charge in [-0.15, -0.1) is 0 Å². The molecular weight excluding hydrogens is 172 g/mol. The van der Waals surface area contributed by atoms with Crippen molar-refractivity contribution in [3.05, 3.63) is 47.5 Å². The zero-order chi connectivity index (χ0) is 9.54. The lowest BCUT2D eigenvalue weighted by Gasteiger charge is -2.21. The number of benzene rings is 2. The van der Waals surface area contributed by atoms with Crippen LogP contribution in [0.1, 0.15) is 23.7 Å². The summed E-state index contributed by atoms with van der Waals surface area (Å²) in [5.74, 6) is 0. The molecule has 0 unspecified atom stereocenters. The first-order valence-corrected chi connectivity index (χ1v) is 5.05. The molecular formula is C13H12O. The zero-order valence-electron chi connectivity index (χ0n) is 7.90. The molecule has 2 aromatic rings. The Bertz CT molecular complexity index is 482. The monoisotopic (exact) mass is 184 g/mol. The lowest BCUT2D eigenvalue weighted by atomic mass is 9.87. The highest BCUT2D eigenvalue weighted by atomic mass is 16.3. The predicted molar refractivity (Wildman–Crippen MR) is 57.2 cm³/mol. The molecule has 2 aromatic carbocycles. The fraction of sp³-hybridized carbons (Fsp3) is 0.231. The first kappa shape index (κ1) is 8.01. The van der Waals surface area contributed by atoms with Gasteiger partial charge in [0.05, 0.1) is 6.10 Å². The second-order valence-electron chi connectivity index (χ2n) is 3.92. The Labute approximate surface area is 83.0 Å². The van der Waals surface area contributed by atoms with Crippen LogP contribution in [0.4, 0.5) is 0 Å². The van der Waals surface area contributed by atoms with Gasteiger partial charge in [0.2, 0.25) is 0 Å². The van der Waals surface area contributed by atoms with Crippen LogP contribution in [0.2, 0.25) is 0 Å². The number of rotatable bonds is 0. The number of aliphatic hydroxyl groups is 1. The van der Waals surface area contributed by atoms with Gasteiger partial charge in [0.15, 0.2) is 0 Å². The first-order valence-electron chi connectivity index (χ1n) is 5.05. The summed E-state index contributed by atoms with van der Waals surface area (Å²) in [5, 5.41) is 12.4. The van der Waals surface area contributed by atoms with Crippen molar-refractivity contribution in [2.24, 2.45) is 0 Å². The Kier molecular flexibility index (Phi) is 1.62. The molecule has 1 heteroatoms. The Hall–Kier alpha value is -1.34. The number of hydrogen-bond acceptors (Lipinski definition) is 1. The van der Waals surface area contributed by atoms with Crippen LogP contribution in [0.25, 0.3) is 10.8 Å². The Morgan fingerprint density at radius 1 is 1.07 bits per heavy atom. The summed E-state index contributed by atoms with van der Waals surface area (Å²) < 4.78 is 0. The van der Waals surface area contributed by atoms with Gasteiger partial charge in [-0.2, -0.15) is 0 Å². The van der Waals surface area contributed by atoms with Crippen molar-refractivity contribution in [1.29, 1.82) is 0 Å². The van der Waals surface area contributed by atoms with E-state index in [1.807, 2.05) is 12.1 Å². The fourth-order valence-corrected chi connectivity index (χ4v) is 2.38. The number of aliphatic hydroxyl groups excluding tert-OH is 1. The van der Waals surface area contributed by atoms with Crippen LogP contribution < -0.4 is 0 Å². The lowest BCUT2D eigenvalue weighted by Crippen LogP contribution is -2.07. The largest absolute Gasteiger partial charge is 0.388 e. The summed E-state index contributed by atoms with van der Waals surface area (Å²) in [6, 6.07) is 12.5. The van der Waals surface area contributed by atoms with Crippen molar-refractivity contribution in [3.63, 3.8) is 0 Å². The highest BCUT2D eigenvalue weighted by Gasteiger charge is 2.18. The molecule has 14 heavy (non-hydrogen) atoms. The minimum atomic E-state index is -0.270. The summed E-state index contributed by atoms with van der Waals surface area (Å²) >= 11 is 0. The molecule has 1 nitrogen and oxygen atoms in total. The molecule has 0 fully saturated rings. The van der Waals surface area contributed by atoms with Crippen LogP contribution in [0.3, 0.4) is 0 Å². The molecule has 1 atom stereocenters. The highest BCUT2D eigenvalue weighted by molar-refractivity contribution is 5.89. The van der Waals surface area contributed by atoms with E-state index in [2.05, 4.69) is 24.3 Å². The quantitative estimate of drug-likeness (QED) is 0.667. The van der Waals surface area contributed by atoms with Gasteiger partial charge in [-0.3, -0.25) is 0 Å². The first-order chi connectivity index (χ1) is 6.86. The maximum Gasteiger partial charge on any atom is 0.0799 e. The normalized spacial score (nSPS) is 19.9. The molecule has 1 aliphatic rings. The third-order valence-corrected chi connectivity index (χ3v) is 3.07. The zero-order valence-corrected chi connectivity index (χ0v) is 7.90. The van der Waals surface area contributed by atoms with E-state index in [4.69, 9.17) is 0 Å². The van der Waals surface area contributed by atoms with Gasteiger partial charge in [-0.25, -0.2) is 0 Å². The Balaban J connectivity index is 2.46. The maximum absolute atomic E-state index is 9.87. The van der Waals surface area contributed by atoms with Crippen LogP contribution in [-0.4, -0.2) is 5.11 Å². The summed E-state index contributed by atoms with van der Waals surface area (Å²) in [5.41, 5.74) is 2.48. The molecule has 0 spiro atoms. The van der Waals surface area contributed by atoms with E-state index in [0.29, 0.717) is 0 Å². The van der Waals surface area contributed by atoms with Crippen molar-refractivity contribution in [2.75, 3.05) is 0 Å². The van der Waals surface area contributed by atoms with E-state index >= 15 is 0 Å². The van der Waals surface area contributed by atoms with Crippen LogP contribution >= 0.6 is 0 Å². The van der Waals surface area contributed by atoms with Crippen molar-refractivity contribution in [1.82, 2.24) is 0 Å². The number of hydrogen-bond donors (Lipinski definition) is 1. The van der Waals surface area contributed by atoms with Gasteiger partial charge in [-0.05, 0) is 34.7 Å². The molecule has 0 amide bonds. The molecule has 0 radical (unpaired) electrons. The molecule has 0 aliphatic heterocycles. The molecule has 0 aromatic heterocycles. The van der Waals surface area contributed by atoms with Crippen LogP contribution in [0.15, 0.2) is 36.4 Å². The number of aryl methyl sites for hydroxylation is 1. The van der Waals surface area contributed by atoms with E-state index in [0.717, 1.165) is 18.4 Å². The Morgan fingerprint density at radius 2 is 1.86 bits per heavy atom. The smallest absolute Gasteiger partial charge is 0.0799 e. The van der Waals surface area contributed by atoms with Gasteiger partial charge >= 0.3 is 0 Å². The SMILES string of the molecule is O[C@H]1CCc2cccc3cccc1c23. The molecule has 1 N–H and O–H groups in total. The topological polar surface area (TPSA) is 20.2 Å². The second kappa shape index (κ2) is 2.82. The van der Waals surface area contributed by atoms with Gasteiger partial charge in [-0.1, -0.05) is 36.4 Å². The van der Waals surface area contributed by atoms with Gasteiger partial charge in [0, 0.05) is 0 Å². The second-order valence-corrected chi connectivity index (χ2v) is 3.92. The van der Waals surface area contributed by atoms with Crippen LogP contribution in [-0.2, 0) is 6.42 Å².